The van der Waals surface area contributed by atoms with Crippen molar-refractivity contribution in [2.24, 2.45) is 5.41 Å². The molecule has 0 aliphatic carbocycles. The van der Waals surface area contributed by atoms with Crippen molar-refractivity contribution in [2.75, 3.05) is 7.11 Å². The zero-order chi connectivity index (χ0) is 13.9. The van der Waals surface area contributed by atoms with Crippen LogP contribution in [0.3, 0.4) is 0 Å². The molecule has 1 N–H and O–H groups in total. The Balaban J connectivity index is 3.06. The maximum atomic E-state index is 11.1. The molecule has 0 saturated heterocycles. The Bertz CT molecular complexity index is 433. The molecule has 0 unspecified atom stereocenters. The van der Waals surface area contributed by atoms with Crippen LogP contribution in [0.15, 0.2) is 18.2 Å². The fourth-order valence-corrected chi connectivity index (χ4v) is 1.93. The van der Waals surface area contributed by atoms with Crippen LogP contribution in [0.2, 0.25) is 0 Å². The Labute approximate surface area is 109 Å². The summed E-state index contributed by atoms with van der Waals surface area (Å²) in [5.41, 5.74) is 1.41. The lowest BCUT2D eigenvalue weighted by molar-refractivity contribution is -0.146. The van der Waals surface area contributed by atoms with E-state index in [1.54, 1.807) is 21.0 Å². The zero-order valence-corrected chi connectivity index (χ0v) is 11.8. The van der Waals surface area contributed by atoms with Crippen molar-refractivity contribution in [1.82, 2.24) is 0 Å². The summed E-state index contributed by atoms with van der Waals surface area (Å²) in [7, 11) is 1.65. The molecule has 1 aromatic rings. The molecule has 3 nitrogen and oxygen atoms in total. The quantitative estimate of drug-likeness (QED) is 0.870. The normalized spacial score (nSPS) is 11.7. The van der Waals surface area contributed by atoms with Gasteiger partial charge in [0.15, 0.2) is 0 Å². The third-order valence-corrected chi connectivity index (χ3v) is 3.14. The fourth-order valence-electron chi connectivity index (χ4n) is 1.93. The molecule has 0 aliphatic rings. The van der Waals surface area contributed by atoms with Crippen molar-refractivity contribution in [2.45, 2.75) is 40.0 Å². The summed E-state index contributed by atoms with van der Waals surface area (Å²) in [6.45, 7) is 7.69. The minimum absolute atomic E-state index is 0.354. The monoisotopic (exact) mass is 250 g/mol. The van der Waals surface area contributed by atoms with Crippen LogP contribution in [0.1, 0.15) is 44.7 Å². The summed E-state index contributed by atoms with van der Waals surface area (Å²) in [6.07, 6.45) is 0.520. The van der Waals surface area contributed by atoms with E-state index in [0.717, 1.165) is 16.9 Å². The van der Waals surface area contributed by atoms with Gasteiger partial charge in [-0.2, -0.15) is 0 Å². The van der Waals surface area contributed by atoms with Gasteiger partial charge in [0.25, 0.3) is 0 Å². The molecule has 0 radical (unpaired) electrons. The number of carbonyl (C=O) groups is 1. The molecule has 0 bridgehead atoms. The number of benzene rings is 1. The van der Waals surface area contributed by atoms with E-state index in [-0.39, 0.29) is 0 Å². The first-order valence-corrected chi connectivity index (χ1v) is 6.18. The Hall–Kier alpha value is -1.51. The predicted molar refractivity (Wildman–Crippen MR) is 72.2 cm³/mol. The van der Waals surface area contributed by atoms with Gasteiger partial charge in [-0.3, -0.25) is 4.79 Å². The standard InChI is InChI=1S/C15H22O3/c1-10(2)12-8-11(6-7-13(12)18-5)9-15(3,4)14(16)17/h6-8,10H,9H2,1-5H3,(H,16,17). The van der Waals surface area contributed by atoms with E-state index >= 15 is 0 Å². The van der Waals surface area contributed by atoms with Crippen LogP contribution in [0.5, 0.6) is 5.75 Å². The van der Waals surface area contributed by atoms with E-state index in [2.05, 4.69) is 13.8 Å². The molecule has 1 aromatic carbocycles. The second kappa shape index (κ2) is 5.42. The van der Waals surface area contributed by atoms with Gasteiger partial charge in [0.1, 0.15) is 5.75 Å². The lowest BCUT2D eigenvalue weighted by atomic mass is 9.85. The highest BCUT2D eigenvalue weighted by atomic mass is 16.5. The highest BCUT2D eigenvalue weighted by Gasteiger charge is 2.27. The van der Waals surface area contributed by atoms with Crippen molar-refractivity contribution in [3.8, 4) is 5.75 Å². The molecule has 0 atom stereocenters. The number of rotatable bonds is 5. The second-order valence-electron chi connectivity index (χ2n) is 5.60. The van der Waals surface area contributed by atoms with E-state index in [1.165, 1.54) is 0 Å². The molecular weight excluding hydrogens is 228 g/mol. The summed E-state index contributed by atoms with van der Waals surface area (Å²) in [4.78, 5) is 11.1. The number of methoxy groups -OCH3 is 1. The lowest BCUT2D eigenvalue weighted by Crippen LogP contribution is -2.26. The molecule has 0 heterocycles. The van der Waals surface area contributed by atoms with E-state index < -0.39 is 11.4 Å². The van der Waals surface area contributed by atoms with Crippen molar-refractivity contribution < 1.29 is 14.6 Å². The molecule has 0 aliphatic heterocycles. The lowest BCUT2D eigenvalue weighted by Gasteiger charge is -2.20. The molecule has 0 amide bonds. The average molecular weight is 250 g/mol. The average Bonchev–Trinajstić information content (AvgIpc) is 2.28. The van der Waals surface area contributed by atoms with Gasteiger partial charge in [-0.15, -0.1) is 0 Å². The van der Waals surface area contributed by atoms with Gasteiger partial charge in [0.2, 0.25) is 0 Å². The summed E-state index contributed by atoms with van der Waals surface area (Å²) in [5.74, 6) is 0.444. The summed E-state index contributed by atoms with van der Waals surface area (Å²) >= 11 is 0. The van der Waals surface area contributed by atoms with Crippen molar-refractivity contribution in [3.05, 3.63) is 29.3 Å². The summed E-state index contributed by atoms with van der Waals surface area (Å²) in [6, 6.07) is 5.91. The number of hydrogen-bond acceptors (Lipinski definition) is 2. The Kier molecular flexibility index (Phi) is 4.38. The van der Waals surface area contributed by atoms with Gasteiger partial charge in [-0.1, -0.05) is 26.0 Å². The van der Waals surface area contributed by atoms with E-state index in [1.807, 2.05) is 18.2 Å². The topological polar surface area (TPSA) is 46.5 Å². The van der Waals surface area contributed by atoms with Crippen LogP contribution >= 0.6 is 0 Å². The number of aliphatic carboxylic acids is 1. The molecule has 3 heteroatoms. The van der Waals surface area contributed by atoms with Gasteiger partial charge in [0, 0.05) is 0 Å². The Morgan fingerprint density at radius 3 is 2.44 bits per heavy atom. The number of ether oxygens (including phenoxy) is 1. The first kappa shape index (κ1) is 14.6. The highest BCUT2D eigenvalue weighted by Crippen LogP contribution is 2.30. The molecule has 1 rings (SSSR count). The highest BCUT2D eigenvalue weighted by molar-refractivity contribution is 5.74. The van der Waals surface area contributed by atoms with Crippen LogP contribution in [-0.2, 0) is 11.2 Å². The Morgan fingerprint density at radius 2 is 2.00 bits per heavy atom. The minimum Gasteiger partial charge on any atom is -0.496 e. The molecule has 0 aromatic heterocycles. The minimum atomic E-state index is -0.774. The van der Waals surface area contributed by atoms with Gasteiger partial charge >= 0.3 is 5.97 Å². The van der Waals surface area contributed by atoms with Crippen LogP contribution < -0.4 is 4.74 Å². The van der Waals surface area contributed by atoms with Gasteiger partial charge < -0.3 is 9.84 Å². The van der Waals surface area contributed by atoms with Crippen LogP contribution in [0.25, 0.3) is 0 Å². The smallest absolute Gasteiger partial charge is 0.309 e. The first-order chi connectivity index (χ1) is 8.27. The molecule has 0 saturated carbocycles. The first-order valence-electron chi connectivity index (χ1n) is 6.18. The van der Waals surface area contributed by atoms with Crippen molar-refractivity contribution >= 4 is 5.97 Å². The maximum Gasteiger partial charge on any atom is 0.309 e. The summed E-state index contributed by atoms with van der Waals surface area (Å²) < 4.78 is 5.32. The number of carboxylic acid groups (broad SMARTS) is 1. The number of carboxylic acids is 1. The molecule has 100 valence electrons. The molecular formula is C15H22O3. The van der Waals surface area contributed by atoms with Gasteiger partial charge in [-0.25, -0.2) is 0 Å². The molecule has 0 spiro atoms. The van der Waals surface area contributed by atoms with Gasteiger partial charge in [-0.05, 0) is 43.4 Å². The zero-order valence-electron chi connectivity index (χ0n) is 11.8. The van der Waals surface area contributed by atoms with Crippen molar-refractivity contribution in [3.63, 3.8) is 0 Å². The molecule has 0 fully saturated rings. The van der Waals surface area contributed by atoms with E-state index in [4.69, 9.17) is 9.84 Å². The SMILES string of the molecule is COc1ccc(CC(C)(C)C(=O)O)cc1C(C)C. The van der Waals surface area contributed by atoms with E-state index in [9.17, 15) is 4.79 Å². The maximum absolute atomic E-state index is 11.1. The largest absolute Gasteiger partial charge is 0.496 e. The third-order valence-electron chi connectivity index (χ3n) is 3.14. The van der Waals surface area contributed by atoms with E-state index in [0.29, 0.717) is 12.3 Å². The van der Waals surface area contributed by atoms with Crippen LogP contribution in [0, 0.1) is 5.41 Å². The fraction of sp³-hybridized carbons (Fsp3) is 0.533. The predicted octanol–water partition coefficient (Wildman–Crippen LogP) is 3.47. The second-order valence-corrected chi connectivity index (χ2v) is 5.60. The van der Waals surface area contributed by atoms with Crippen LogP contribution in [0.4, 0.5) is 0 Å². The summed E-state index contributed by atoms with van der Waals surface area (Å²) in [5, 5.41) is 9.16. The number of hydrogen-bond donors (Lipinski definition) is 1. The molecule has 18 heavy (non-hydrogen) atoms. The van der Waals surface area contributed by atoms with Gasteiger partial charge in [0.05, 0.1) is 12.5 Å². The Morgan fingerprint density at radius 1 is 1.39 bits per heavy atom. The van der Waals surface area contributed by atoms with Crippen molar-refractivity contribution in [1.29, 1.82) is 0 Å². The van der Waals surface area contributed by atoms with Crippen LogP contribution in [-0.4, -0.2) is 18.2 Å². The third kappa shape index (κ3) is 3.25.